The average molecular weight is 224 g/mol. The molecule has 0 aromatic rings. The van der Waals surface area contributed by atoms with Crippen molar-refractivity contribution in [3.05, 3.63) is 0 Å². The molecule has 0 aromatic carbocycles. The minimum absolute atomic E-state index is 0.00463. The van der Waals surface area contributed by atoms with Crippen molar-refractivity contribution in [1.82, 2.24) is 10.0 Å². The van der Waals surface area contributed by atoms with E-state index in [9.17, 15) is 4.79 Å². The maximum Gasteiger partial charge on any atom is 0.373 e. The Morgan fingerprint density at radius 1 is 1.21 bits per heavy atom. The van der Waals surface area contributed by atoms with Crippen LogP contribution in [0.15, 0.2) is 0 Å². The molecule has 0 radical (unpaired) electrons. The van der Waals surface area contributed by atoms with Crippen LogP contribution < -0.4 is 10.0 Å². The standard InChI is InChI=1S/C3H7NO.C2H7NS.C2H6.CO2/c1-3(5)4-2;1-3-4-2;1-2;2-1-3/h1-2H3,(H,4,5);3H,1-2H3;1-2H3;. The van der Waals surface area contributed by atoms with Crippen molar-refractivity contribution >= 4 is 24.0 Å². The van der Waals surface area contributed by atoms with Crippen LogP contribution in [0.2, 0.25) is 0 Å². The average Bonchev–Trinajstić information content (AvgIpc) is 2.22. The van der Waals surface area contributed by atoms with E-state index in [1.165, 1.54) is 6.92 Å². The van der Waals surface area contributed by atoms with Crippen molar-refractivity contribution in [2.75, 3.05) is 20.4 Å². The monoisotopic (exact) mass is 224 g/mol. The lowest BCUT2D eigenvalue weighted by atomic mass is 10.7. The fourth-order valence-corrected chi connectivity index (χ4v) is 0. The van der Waals surface area contributed by atoms with Crippen LogP contribution in [-0.2, 0) is 14.4 Å². The van der Waals surface area contributed by atoms with Gasteiger partial charge in [0, 0.05) is 14.0 Å². The van der Waals surface area contributed by atoms with Crippen molar-refractivity contribution in [1.29, 1.82) is 0 Å². The highest BCUT2D eigenvalue weighted by molar-refractivity contribution is 7.96. The van der Waals surface area contributed by atoms with Gasteiger partial charge >= 0.3 is 6.15 Å². The Bertz CT molecular complexity index is 124. The molecule has 0 aliphatic rings. The number of carbonyl (C=O) groups is 1. The fraction of sp³-hybridized carbons (Fsp3) is 0.750. The quantitative estimate of drug-likeness (QED) is 0.641. The van der Waals surface area contributed by atoms with Gasteiger partial charge in [0.05, 0.1) is 0 Å². The number of amides is 1. The molecular formula is C8H20N2O3S. The summed E-state index contributed by atoms with van der Waals surface area (Å²) < 4.78 is 2.85. The van der Waals surface area contributed by atoms with Crippen LogP contribution in [0.4, 0.5) is 0 Å². The Hall–Kier alpha value is -0.840. The van der Waals surface area contributed by atoms with E-state index in [0.717, 1.165) is 0 Å². The van der Waals surface area contributed by atoms with E-state index in [-0.39, 0.29) is 12.1 Å². The van der Waals surface area contributed by atoms with E-state index >= 15 is 0 Å². The summed E-state index contributed by atoms with van der Waals surface area (Å²) in [6.07, 6.45) is 2.24. The van der Waals surface area contributed by atoms with Gasteiger partial charge in [-0.2, -0.15) is 9.59 Å². The van der Waals surface area contributed by atoms with Crippen molar-refractivity contribution in [3.8, 4) is 0 Å². The summed E-state index contributed by atoms with van der Waals surface area (Å²) in [7, 11) is 3.49. The Morgan fingerprint density at radius 3 is 1.36 bits per heavy atom. The van der Waals surface area contributed by atoms with Gasteiger partial charge in [0.2, 0.25) is 5.91 Å². The minimum atomic E-state index is 0.00463. The molecule has 1 amide bonds. The van der Waals surface area contributed by atoms with Gasteiger partial charge in [-0.3, -0.25) is 9.52 Å². The molecule has 86 valence electrons. The van der Waals surface area contributed by atoms with E-state index < -0.39 is 0 Å². The third kappa shape index (κ3) is 247. The third-order valence-electron chi connectivity index (χ3n) is 0.556. The van der Waals surface area contributed by atoms with Gasteiger partial charge in [-0.15, -0.1) is 0 Å². The van der Waals surface area contributed by atoms with Crippen molar-refractivity contribution < 1.29 is 14.4 Å². The summed E-state index contributed by atoms with van der Waals surface area (Å²) >= 11 is 1.61. The topological polar surface area (TPSA) is 75.3 Å². The maximum atomic E-state index is 9.70. The summed E-state index contributed by atoms with van der Waals surface area (Å²) in [4.78, 5) is 26.0. The Balaban J connectivity index is -0.0000000505. The molecule has 0 saturated carbocycles. The molecule has 6 heteroatoms. The molecule has 0 saturated heterocycles. The van der Waals surface area contributed by atoms with Crippen LogP contribution in [-0.4, -0.2) is 32.4 Å². The molecule has 0 atom stereocenters. The van der Waals surface area contributed by atoms with Gasteiger partial charge < -0.3 is 5.32 Å². The number of rotatable bonds is 1. The first-order valence-corrected chi connectivity index (χ1v) is 5.20. The molecule has 0 unspecified atom stereocenters. The lowest BCUT2D eigenvalue weighted by molar-refractivity contribution is -0.191. The zero-order valence-corrected chi connectivity index (χ0v) is 10.4. The largest absolute Gasteiger partial charge is 0.373 e. The summed E-state index contributed by atoms with van der Waals surface area (Å²) in [5, 5.41) is 2.39. The summed E-state index contributed by atoms with van der Waals surface area (Å²) in [5.74, 6) is 0.00463. The lowest BCUT2D eigenvalue weighted by Gasteiger charge is -1.80. The fourth-order valence-electron chi connectivity index (χ4n) is 0. The highest BCUT2D eigenvalue weighted by Gasteiger charge is 1.72. The van der Waals surface area contributed by atoms with E-state index in [1.54, 1.807) is 19.0 Å². The second-order valence-electron chi connectivity index (χ2n) is 1.30. The molecule has 0 heterocycles. The first-order valence-electron chi connectivity index (χ1n) is 3.97. The summed E-state index contributed by atoms with van der Waals surface area (Å²) in [6.45, 7) is 5.47. The van der Waals surface area contributed by atoms with Crippen LogP contribution in [0.5, 0.6) is 0 Å². The smallest absolute Gasteiger partial charge is 0.359 e. The van der Waals surface area contributed by atoms with E-state index in [2.05, 4.69) is 10.0 Å². The van der Waals surface area contributed by atoms with Crippen LogP contribution in [0, 0.1) is 0 Å². The second-order valence-corrected chi connectivity index (χ2v) is 2.11. The maximum absolute atomic E-state index is 9.70. The number of nitrogens with one attached hydrogen (secondary N) is 2. The van der Waals surface area contributed by atoms with Gasteiger partial charge in [-0.05, 0) is 13.3 Å². The lowest BCUT2D eigenvalue weighted by Crippen LogP contribution is -2.11. The molecular weight excluding hydrogens is 204 g/mol. The molecule has 2 N–H and O–H groups in total. The van der Waals surface area contributed by atoms with Gasteiger partial charge in [0.15, 0.2) is 0 Å². The van der Waals surface area contributed by atoms with E-state index in [0.29, 0.717) is 0 Å². The zero-order valence-electron chi connectivity index (χ0n) is 9.63. The number of hydrogen-bond donors (Lipinski definition) is 2. The van der Waals surface area contributed by atoms with Crippen LogP contribution in [0.25, 0.3) is 0 Å². The first-order chi connectivity index (χ1) is 6.60. The molecule has 0 aromatic heterocycles. The van der Waals surface area contributed by atoms with Crippen LogP contribution in [0.3, 0.4) is 0 Å². The summed E-state index contributed by atoms with van der Waals surface area (Å²) in [6, 6.07) is 0. The molecule has 14 heavy (non-hydrogen) atoms. The van der Waals surface area contributed by atoms with Crippen molar-refractivity contribution in [3.63, 3.8) is 0 Å². The van der Waals surface area contributed by atoms with Gasteiger partial charge in [-0.25, -0.2) is 0 Å². The zero-order chi connectivity index (χ0) is 12.4. The Labute approximate surface area is 90.2 Å². The van der Waals surface area contributed by atoms with Crippen LogP contribution >= 0.6 is 11.9 Å². The van der Waals surface area contributed by atoms with Gasteiger partial charge in [-0.1, -0.05) is 25.8 Å². The second kappa shape index (κ2) is 39.9. The first kappa shape index (κ1) is 23.2. The van der Waals surface area contributed by atoms with E-state index in [1.807, 2.05) is 27.2 Å². The highest BCUT2D eigenvalue weighted by Crippen LogP contribution is 1.70. The number of carbonyl (C=O) groups excluding carboxylic acids is 3. The molecule has 0 aliphatic heterocycles. The third-order valence-corrected chi connectivity index (χ3v) is 0.964. The van der Waals surface area contributed by atoms with Gasteiger partial charge in [0.1, 0.15) is 0 Å². The predicted molar refractivity (Wildman–Crippen MR) is 58.7 cm³/mol. The van der Waals surface area contributed by atoms with Crippen molar-refractivity contribution in [2.24, 2.45) is 0 Å². The molecule has 0 fully saturated rings. The number of hydrogen-bond acceptors (Lipinski definition) is 5. The van der Waals surface area contributed by atoms with Gasteiger partial charge in [0.25, 0.3) is 0 Å². The minimum Gasteiger partial charge on any atom is -0.359 e. The SMILES string of the molecule is CC.CNC(C)=O.CNSC.O=C=O. The van der Waals surface area contributed by atoms with E-state index in [4.69, 9.17) is 9.59 Å². The molecule has 5 nitrogen and oxygen atoms in total. The highest BCUT2D eigenvalue weighted by atomic mass is 32.2. The predicted octanol–water partition coefficient (Wildman–Crippen LogP) is 0.679. The summed E-state index contributed by atoms with van der Waals surface area (Å²) in [5.41, 5.74) is 0. The Morgan fingerprint density at radius 2 is 1.36 bits per heavy atom. The molecule has 0 bridgehead atoms. The molecule has 0 rings (SSSR count). The van der Waals surface area contributed by atoms with Crippen molar-refractivity contribution in [2.45, 2.75) is 20.8 Å². The normalized spacial score (nSPS) is 5.57. The van der Waals surface area contributed by atoms with Crippen LogP contribution in [0.1, 0.15) is 20.8 Å². The Kier molecular flexibility index (Phi) is 66.1. The molecule has 0 spiro atoms. The molecule has 0 aliphatic carbocycles.